The molecule has 0 bridgehead atoms. The van der Waals surface area contributed by atoms with Gasteiger partial charge in [0.25, 0.3) is 5.91 Å². The number of likely N-dealkylation sites (tertiary alicyclic amines) is 1. The number of nitrogens with one attached hydrogen (secondary N) is 10. The van der Waals surface area contributed by atoms with Gasteiger partial charge >= 0.3 is 0 Å². The Balaban J connectivity index is 1.74. The number of hydrogen-bond donors (Lipinski definition) is 10. The second kappa shape index (κ2) is 33.2. The van der Waals surface area contributed by atoms with Crippen molar-refractivity contribution >= 4 is 70.0 Å². The zero-order valence-electron chi connectivity index (χ0n) is 53.4. The number of H-pyrrole nitrogens is 1. The van der Waals surface area contributed by atoms with Gasteiger partial charge in [-0.2, -0.15) is 0 Å². The van der Waals surface area contributed by atoms with E-state index in [0.29, 0.717) is 37.9 Å². The molecule has 22 nitrogen and oxygen atoms in total. The summed E-state index contributed by atoms with van der Waals surface area (Å²) in [5, 5.41) is 26.1. The van der Waals surface area contributed by atoms with Gasteiger partial charge in [0.15, 0.2) is 0 Å². The number of benzene rings is 1. The molecule has 84 heavy (non-hydrogen) atoms. The molecule has 1 aliphatic rings. The summed E-state index contributed by atoms with van der Waals surface area (Å²) in [4.78, 5) is 146. The molecule has 2 aromatic rings. The largest absolute Gasteiger partial charge is 0.361 e. The van der Waals surface area contributed by atoms with Gasteiger partial charge in [-0.3, -0.25) is 47.9 Å². The van der Waals surface area contributed by atoms with Crippen LogP contribution in [0.15, 0.2) is 30.5 Å². The smallest absolute Gasteiger partial charge is 0.255 e. The van der Waals surface area contributed by atoms with Crippen LogP contribution in [-0.2, 0) is 43.2 Å². The molecule has 6 atom stereocenters. The molecule has 472 valence electrons. The zero-order valence-corrected chi connectivity index (χ0v) is 53.4. The third-order valence-corrected chi connectivity index (χ3v) is 14.8. The van der Waals surface area contributed by atoms with Crippen LogP contribution in [0.2, 0.25) is 0 Å². The van der Waals surface area contributed by atoms with Crippen LogP contribution in [0.25, 0.3) is 10.9 Å². The predicted molar refractivity (Wildman–Crippen MR) is 327 cm³/mol. The molecular weight excluding hydrogens is 1070 g/mol. The summed E-state index contributed by atoms with van der Waals surface area (Å²) in [5.41, 5.74) is -3.31. The number of aromatic amines is 1. The lowest BCUT2D eigenvalue weighted by atomic mass is 9.95. The molecule has 22 heteroatoms. The van der Waals surface area contributed by atoms with Crippen molar-refractivity contribution in [1.29, 1.82) is 0 Å². The molecule has 0 aliphatic carbocycles. The quantitative estimate of drug-likeness (QED) is 0.0321. The van der Waals surface area contributed by atoms with E-state index in [2.05, 4.69) is 59.8 Å². The number of amides is 10. The van der Waals surface area contributed by atoms with E-state index in [-0.39, 0.29) is 74.3 Å². The molecule has 0 unspecified atom stereocenters. The summed E-state index contributed by atoms with van der Waals surface area (Å²) < 4.78 is 0. The van der Waals surface area contributed by atoms with Crippen LogP contribution < -0.4 is 47.9 Å². The minimum Gasteiger partial charge on any atom is -0.361 e. The Labute approximate surface area is 499 Å². The van der Waals surface area contributed by atoms with Gasteiger partial charge in [0.05, 0.1) is 0 Å². The minimum absolute atomic E-state index is 0.0273. The van der Waals surface area contributed by atoms with Crippen LogP contribution >= 0.6 is 0 Å². The fourth-order valence-corrected chi connectivity index (χ4v) is 10.1. The van der Waals surface area contributed by atoms with Gasteiger partial charge in [0, 0.05) is 54.8 Å². The maximum atomic E-state index is 14.4. The fraction of sp³-hybridized carbons (Fsp3) is 0.710. The molecule has 0 saturated carbocycles. The van der Waals surface area contributed by atoms with E-state index in [1.807, 2.05) is 85.7 Å². The number of fused-ring (bicyclic) bond motifs is 1. The van der Waals surface area contributed by atoms with E-state index in [0.717, 1.165) is 43.0 Å². The lowest BCUT2D eigenvalue weighted by molar-refractivity contribution is -0.140. The standard InChI is InChI=1S/C62H104N12O10/c1-17-18-19-20-21-22-24-44(52(77)69-49-25-23-32-74(49)56(81)43-26-27-45-42(36-43)28-30-63-45)51(76)66-47(34-39(4)5)54(79)70-61(11,12)58(83)68-46(33-38(2)3)53(78)67-48(35-40(6)7)55(80)71-62(13,14)59(84)72-60(9,10)57(82)64-31-29-50(75)65-41(8)37-73(15)16/h26-28,30,36,38-41,44,46-49,63H,17-25,29,31-35,37H2,1-16H3,(H,64,82)(H,65,75)(H,66,76)(H,67,78)(H,68,83)(H,69,77)(H,70,79)(H,71,80)(H,72,84)/t41-,44-,46-,47-,48-,49-/m0/s1. The average molecular weight is 1180 g/mol. The third-order valence-electron chi connectivity index (χ3n) is 14.8. The van der Waals surface area contributed by atoms with Gasteiger partial charge in [-0.25, -0.2) is 0 Å². The highest BCUT2D eigenvalue weighted by Crippen LogP contribution is 2.24. The Kier molecular flexibility index (Phi) is 28.3. The van der Waals surface area contributed by atoms with Crippen molar-refractivity contribution in [2.45, 2.75) is 227 Å². The third kappa shape index (κ3) is 23.5. The van der Waals surface area contributed by atoms with Gasteiger partial charge in [-0.05, 0) is 143 Å². The van der Waals surface area contributed by atoms with Crippen LogP contribution in [0.1, 0.15) is 191 Å². The molecule has 10 amide bonds. The van der Waals surface area contributed by atoms with E-state index < -0.39 is 94.1 Å². The Morgan fingerprint density at radius 3 is 1.73 bits per heavy atom. The lowest BCUT2D eigenvalue weighted by Gasteiger charge is -2.34. The van der Waals surface area contributed by atoms with Gasteiger partial charge in [-0.15, -0.1) is 0 Å². The summed E-state index contributed by atoms with van der Waals surface area (Å²) in [6.07, 6.45) is 8.51. The first kappa shape index (κ1) is 71.7. The highest BCUT2D eigenvalue weighted by Gasteiger charge is 2.41. The Bertz CT molecular complexity index is 2560. The molecule has 1 aliphatic heterocycles. The molecule has 2 heterocycles. The number of rotatable bonds is 35. The van der Waals surface area contributed by atoms with Gasteiger partial charge in [0.2, 0.25) is 53.2 Å². The SMILES string of the molecule is CCCCCCCC[C@@H](C(=O)N[C@@H](CC(C)C)C(=O)NC(C)(C)C(=O)N[C@@H](CC(C)C)C(=O)N[C@@H](CC(C)C)C(=O)NC(C)(C)C(=O)NC(C)(C)C(=O)NCCC(=O)N[C@@H](C)CN(C)C)C(=O)N[C@@H]1CCCN1C(=O)c1ccc2[nH]ccc2c1. The summed E-state index contributed by atoms with van der Waals surface area (Å²) in [5.74, 6) is -7.20. The molecule has 1 aromatic heterocycles. The monoisotopic (exact) mass is 1180 g/mol. The number of carbonyl (C=O) groups is 10. The van der Waals surface area contributed by atoms with E-state index in [1.165, 1.54) is 41.5 Å². The van der Waals surface area contributed by atoms with Gasteiger partial charge in [0.1, 0.15) is 46.8 Å². The molecule has 1 saturated heterocycles. The van der Waals surface area contributed by atoms with Crippen LogP contribution in [-0.4, -0.2) is 155 Å². The average Bonchev–Trinajstić information content (AvgIpc) is 3.81. The zero-order chi connectivity index (χ0) is 63.3. The van der Waals surface area contributed by atoms with Crippen molar-refractivity contribution in [2.24, 2.45) is 23.7 Å². The van der Waals surface area contributed by atoms with Gasteiger partial charge < -0.3 is 62.6 Å². The van der Waals surface area contributed by atoms with Crippen molar-refractivity contribution in [3.63, 3.8) is 0 Å². The van der Waals surface area contributed by atoms with Crippen LogP contribution in [0.5, 0.6) is 0 Å². The van der Waals surface area contributed by atoms with E-state index in [9.17, 15) is 47.9 Å². The maximum Gasteiger partial charge on any atom is 0.255 e. The van der Waals surface area contributed by atoms with Crippen LogP contribution in [0.3, 0.4) is 0 Å². The van der Waals surface area contributed by atoms with Crippen LogP contribution in [0.4, 0.5) is 0 Å². The van der Waals surface area contributed by atoms with Crippen molar-refractivity contribution in [2.75, 3.05) is 33.7 Å². The molecule has 1 aromatic carbocycles. The summed E-state index contributed by atoms with van der Waals surface area (Å²) >= 11 is 0. The van der Waals surface area contributed by atoms with E-state index in [4.69, 9.17) is 0 Å². The van der Waals surface area contributed by atoms with E-state index >= 15 is 0 Å². The predicted octanol–water partition coefficient (Wildman–Crippen LogP) is 5.06. The summed E-state index contributed by atoms with van der Waals surface area (Å²) in [6.45, 7) is 25.2. The number of aromatic nitrogens is 1. The highest BCUT2D eigenvalue weighted by atomic mass is 16.2. The molecule has 10 N–H and O–H groups in total. The molecule has 0 spiro atoms. The number of hydrogen-bond acceptors (Lipinski definition) is 11. The first-order valence-electron chi connectivity index (χ1n) is 30.5. The highest BCUT2D eigenvalue weighted by molar-refractivity contribution is 6.04. The number of unbranched alkanes of at least 4 members (excludes halogenated alkanes) is 5. The molecule has 1 fully saturated rings. The second-order valence-electron chi connectivity index (χ2n) is 26.1. The van der Waals surface area contributed by atoms with Crippen molar-refractivity contribution in [1.82, 2.24) is 62.6 Å². The maximum absolute atomic E-state index is 14.4. The summed E-state index contributed by atoms with van der Waals surface area (Å²) in [6, 6.07) is 3.68. The lowest BCUT2D eigenvalue weighted by Crippen LogP contribution is -2.65. The summed E-state index contributed by atoms with van der Waals surface area (Å²) in [7, 11) is 3.79. The molecule has 3 rings (SSSR count). The van der Waals surface area contributed by atoms with Crippen LogP contribution in [0, 0.1) is 23.7 Å². The Morgan fingerprint density at radius 1 is 0.619 bits per heavy atom. The van der Waals surface area contributed by atoms with Crippen molar-refractivity contribution in [3.05, 3.63) is 36.0 Å². The second-order valence-corrected chi connectivity index (χ2v) is 26.1. The first-order chi connectivity index (χ1) is 39.2. The number of carbonyl (C=O) groups excluding carboxylic acids is 10. The Morgan fingerprint density at radius 2 is 1.15 bits per heavy atom. The topological polar surface area (TPSA) is 301 Å². The van der Waals surface area contributed by atoms with E-state index in [1.54, 1.807) is 17.2 Å². The van der Waals surface area contributed by atoms with Gasteiger partial charge in [-0.1, -0.05) is 87.0 Å². The minimum atomic E-state index is -1.65. The van der Waals surface area contributed by atoms with Crippen molar-refractivity contribution in [3.8, 4) is 0 Å². The molecular formula is C62H104N12O10. The fourth-order valence-electron chi connectivity index (χ4n) is 10.1. The molecule has 0 radical (unpaired) electrons. The van der Waals surface area contributed by atoms with Crippen molar-refractivity contribution < 1.29 is 47.9 Å². The number of likely N-dealkylation sites (N-methyl/N-ethyl adjacent to an activating group) is 1. The number of nitrogens with zero attached hydrogens (tertiary/aromatic N) is 2. The first-order valence-corrected chi connectivity index (χ1v) is 30.5. The normalized spacial score (nSPS) is 15.7. The Hall–Kier alpha value is -6.58.